The summed E-state index contributed by atoms with van der Waals surface area (Å²) in [5, 5.41) is 6.82. The Morgan fingerprint density at radius 3 is 2.24 bits per heavy atom. The lowest BCUT2D eigenvalue weighted by molar-refractivity contribution is -0.118. The van der Waals surface area contributed by atoms with Gasteiger partial charge >= 0.3 is 0 Å². The molecule has 0 aliphatic rings. The van der Waals surface area contributed by atoms with Crippen LogP contribution in [0.25, 0.3) is 0 Å². The Morgan fingerprint density at radius 2 is 1.55 bits per heavy atom. The van der Waals surface area contributed by atoms with Crippen molar-refractivity contribution in [2.24, 2.45) is 0 Å². The number of halogens is 1. The third-order valence-corrected chi connectivity index (χ3v) is 5.16. The Kier molecular flexibility index (Phi) is 6.78. The molecule has 0 spiro atoms. The van der Waals surface area contributed by atoms with Gasteiger partial charge < -0.3 is 15.4 Å². The van der Waals surface area contributed by atoms with E-state index in [4.69, 9.17) is 16.3 Å². The zero-order valence-electron chi connectivity index (χ0n) is 16.9. The predicted molar refractivity (Wildman–Crippen MR) is 120 cm³/mol. The van der Waals surface area contributed by atoms with Gasteiger partial charge in [0.1, 0.15) is 5.75 Å². The fourth-order valence-corrected chi connectivity index (χ4v) is 2.96. The maximum Gasteiger partial charge on any atom is 0.262 e. The van der Waals surface area contributed by atoms with Crippen molar-refractivity contribution in [2.75, 3.05) is 17.2 Å². The second-order valence-electron chi connectivity index (χ2n) is 7.10. The van der Waals surface area contributed by atoms with Crippen molar-refractivity contribution in [2.45, 2.75) is 27.3 Å². The molecule has 0 aliphatic heterocycles. The molecule has 29 heavy (non-hydrogen) atoms. The molecule has 3 rings (SSSR count). The normalized spacial score (nSPS) is 10.5. The fraction of sp³-hybridized carbons (Fsp3) is 0.208. The minimum Gasteiger partial charge on any atom is -0.484 e. The number of amides is 1. The summed E-state index contributed by atoms with van der Waals surface area (Å²) in [7, 11) is 0. The van der Waals surface area contributed by atoms with Crippen LogP contribution in [0.4, 0.5) is 11.4 Å². The lowest BCUT2D eigenvalue weighted by Crippen LogP contribution is -2.20. The molecule has 0 unspecified atom stereocenters. The second-order valence-corrected chi connectivity index (χ2v) is 7.50. The monoisotopic (exact) mass is 408 g/mol. The Balaban J connectivity index is 1.47. The quantitative estimate of drug-likeness (QED) is 0.512. The van der Waals surface area contributed by atoms with Crippen molar-refractivity contribution in [1.29, 1.82) is 0 Å². The topological polar surface area (TPSA) is 50.4 Å². The molecule has 0 fully saturated rings. The summed E-state index contributed by atoms with van der Waals surface area (Å²) in [4.78, 5) is 12.1. The molecule has 0 bridgehead atoms. The molecule has 0 heterocycles. The molecule has 0 saturated heterocycles. The van der Waals surface area contributed by atoms with E-state index >= 15 is 0 Å². The highest BCUT2D eigenvalue weighted by molar-refractivity contribution is 6.31. The standard InChI is InChI=1S/C24H25ClN2O2/c1-16-4-8-20(12-18(16)3)26-14-19-6-10-22(11-7-19)29-15-24(28)27-21-9-5-17(2)23(25)13-21/h4-13,26H,14-15H2,1-3H3,(H,27,28). The number of carbonyl (C=O) groups excluding carboxylic acids is 1. The zero-order valence-corrected chi connectivity index (χ0v) is 17.6. The molecule has 3 aromatic carbocycles. The van der Waals surface area contributed by atoms with E-state index in [1.54, 1.807) is 6.07 Å². The smallest absolute Gasteiger partial charge is 0.262 e. The van der Waals surface area contributed by atoms with E-state index < -0.39 is 0 Å². The van der Waals surface area contributed by atoms with E-state index in [2.05, 4.69) is 42.7 Å². The number of anilines is 2. The lowest BCUT2D eigenvalue weighted by atomic mass is 10.1. The van der Waals surface area contributed by atoms with Crippen LogP contribution in [0.3, 0.4) is 0 Å². The van der Waals surface area contributed by atoms with Gasteiger partial charge in [-0.05, 0) is 79.4 Å². The van der Waals surface area contributed by atoms with Gasteiger partial charge in [-0.2, -0.15) is 0 Å². The van der Waals surface area contributed by atoms with Crippen molar-refractivity contribution in [3.05, 3.63) is 87.9 Å². The van der Waals surface area contributed by atoms with Gasteiger partial charge in [0.2, 0.25) is 0 Å². The van der Waals surface area contributed by atoms with E-state index in [0.717, 1.165) is 23.4 Å². The average molecular weight is 409 g/mol. The molecule has 0 saturated carbocycles. The molecule has 0 radical (unpaired) electrons. The average Bonchev–Trinajstić information content (AvgIpc) is 2.71. The summed E-state index contributed by atoms with van der Waals surface area (Å²) in [6, 6.07) is 19.5. The van der Waals surface area contributed by atoms with Crippen LogP contribution in [0.15, 0.2) is 60.7 Å². The molecule has 0 aromatic heterocycles. The van der Waals surface area contributed by atoms with Gasteiger partial charge in [-0.3, -0.25) is 4.79 Å². The van der Waals surface area contributed by atoms with Crippen LogP contribution in [0.2, 0.25) is 5.02 Å². The Bertz CT molecular complexity index is 1000. The van der Waals surface area contributed by atoms with E-state index in [9.17, 15) is 4.79 Å². The van der Waals surface area contributed by atoms with Gasteiger partial charge in [0.05, 0.1) is 0 Å². The number of hydrogen-bond donors (Lipinski definition) is 2. The molecule has 3 aromatic rings. The van der Waals surface area contributed by atoms with Crippen LogP contribution in [0.1, 0.15) is 22.3 Å². The number of rotatable bonds is 7. The van der Waals surface area contributed by atoms with E-state index in [0.29, 0.717) is 16.5 Å². The van der Waals surface area contributed by atoms with Gasteiger partial charge in [0.25, 0.3) is 5.91 Å². The van der Waals surface area contributed by atoms with Crippen molar-refractivity contribution in [3.63, 3.8) is 0 Å². The van der Waals surface area contributed by atoms with Crippen LogP contribution in [0.5, 0.6) is 5.75 Å². The SMILES string of the molecule is Cc1ccc(NCc2ccc(OCC(=O)Nc3ccc(C)c(Cl)c3)cc2)cc1C. The van der Waals surface area contributed by atoms with Crippen LogP contribution >= 0.6 is 11.6 Å². The summed E-state index contributed by atoms with van der Waals surface area (Å²) in [5.41, 5.74) is 6.40. The van der Waals surface area contributed by atoms with E-state index in [-0.39, 0.29) is 12.5 Å². The summed E-state index contributed by atoms with van der Waals surface area (Å²) in [5.74, 6) is 0.419. The molecule has 0 atom stereocenters. The molecular weight excluding hydrogens is 384 g/mol. The van der Waals surface area contributed by atoms with Gasteiger partial charge in [-0.25, -0.2) is 0 Å². The van der Waals surface area contributed by atoms with E-state index in [1.807, 2.05) is 43.3 Å². The molecule has 0 aliphatic carbocycles. The second kappa shape index (κ2) is 9.48. The summed E-state index contributed by atoms with van der Waals surface area (Å²) >= 11 is 6.08. The van der Waals surface area contributed by atoms with Gasteiger partial charge in [0, 0.05) is 22.9 Å². The van der Waals surface area contributed by atoms with Gasteiger partial charge in [-0.1, -0.05) is 35.9 Å². The largest absolute Gasteiger partial charge is 0.484 e. The number of carbonyl (C=O) groups is 1. The predicted octanol–water partition coefficient (Wildman–Crippen LogP) is 5.89. The Hall–Kier alpha value is -2.98. The molecule has 4 nitrogen and oxygen atoms in total. The highest BCUT2D eigenvalue weighted by atomic mass is 35.5. The summed E-state index contributed by atoms with van der Waals surface area (Å²) in [6.45, 7) is 6.78. The first-order valence-electron chi connectivity index (χ1n) is 9.49. The number of benzene rings is 3. The Labute approximate surface area is 176 Å². The highest BCUT2D eigenvalue weighted by Gasteiger charge is 2.06. The molecular formula is C24H25ClN2O2. The number of nitrogens with one attached hydrogen (secondary N) is 2. The van der Waals surface area contributed by atoms with Crippen LogP contribution < -0.4 is 15.4 Å². The first-order chi connectivity index (χ1) is 13.9. The van der Waals surface area contributed by atoms with Crippen molar-refractivity contribution >= 4 is 28.9 Å². The Morgan fingerprint density at radius 1 is 0.862 bits per heavy atom. The first kappa shape index (κ1) is 20.7. The molecule has 5 heteroatoms. The van der Waals surface area contributed by atoms with Crippen LogP contribution in [0, 0.1) is 20.8 Å². The minimum atomic E-state index is -0.231. The summed E-state index contributed by atoms with van der Waals surface area (Å²) < 4.78 is 5.58. The van der Waals surface area contributed by atoms with Crippen molar-refractivity contribution < 1.29 is 9.53 Å². The fourth-order valence-electron chi connectivity index (χ4n) is 2.78. The van der Waals surface area contributed by atoms with Crippen molar-refractivity contribution in [1.82, 2.24) is 0 Å². The van der Waals surface area contributed by atoms with Crippen LogP contribution in [-0.4, -0.2) is 12.5 Å². The summed E-state index contributed by atoms with van der Waals surface area (Å²) in [6.07, 6.45) is 0. The minimum absolute atomic E-state index is 0.0638. The van der Waals surface area contributed by atoms with Crippen LogP contribution in [-0.2, 0) is 11.3 Å². The maximum atomic E-state index is 12.1. The number of ether oxygens (including phenoxy) is 1. The number of hydrogen-bond acceptors (Lipinski definition) is 3. The lowest BCUT2D eigenvalue weighted by Gasteiger charge is -2.11. The van der Waals surface area contributed by atoms with Gasteiger partial charge in [0.15, 0.2) is 6.61 Å². The third kappa shape index (κ3) is 6.00. The van der Waals surface area contributed by atoms with Gasteiger partial charge in [-0.15, -0.1) is 0 Å². The highest BCUT2D eigenvalue weighted by Crippen LogP contribution is 2.20. The first-order valence-corrected chi connectivity index (χ1v) is 9.87. The third-order valence-electron chi connectivity index (χ3n) is 4.75. The molecule has 1 amide bonds. The zero-order chi connectivity index (χ0) is 20.8. The van der Waals surface area contributed by atoms with Crippen molar-refractivity contribution in [3.8, 4) is 5.75 Å². The maximum absolute atomic E-state index is 12.1. The number of aryl methyl sites for hydroxylation is 3. The molecule has 2 N–H and O–H groups in total. The van der Waals surface area contributed by atoms with E-state index in [1.165, 1.54) is 11.1 Å². The molecule has 150 valence electrons.